The van der Waals surface area contributed by atoms with E-state index in [0.29, 0.717) is 19.5 Å². The lowest BCUT2D eigenvalue weighted by atomic mass is 9.95. The first-order chi connectivity index (χ1) is 8.91. The van der Waals surface area contributed by atoms with Crippen LogP contribution in [0.15, 0.2) is 0 Å². The number of urea groups is 1. The molecule has 0 aromatic heterocycles. The number of piperidine rings is 1. The molecule has 1 saturated heterocycles. The van der Waals surface area contributed by atoms with Crippen LogP contribution in [0.3, 0.4) is 0 Å². The molecule has 2 amide bonds. The number of hydrogen-bond acceptors (Lipinski definition) is 3. The van der Waals surface area contributed by atoms with Gasteiger partial charge in [-0.1, -0.05) is 6.92 Å². The molecule has 1 rings (SSSR count). The van der Waals surface area contributed by atoms with Gasteiger partial charge in [-0.05, 0) is 26.2 Å². The number of ether oxygens (including phenoxy) is 1. The Morgan fingerprint density at radius 1 is 1.53 bits per heavy atom. The highest BCUT2D eigenvalue weighted by Gasteiger charge is 2.33. The molecule has 1 fully saturated rings. The summed E-state index contributed by atoms with van der Waals surface area (Å²) in [6.45, 7) is 5.19. The highest BCUT2D eigenvalue weighted by Crippen LogP contribution is 2.23. The topological polar surface area (TPSA) is 78.9 Å². The third-order valence-electron chi connectivity index (χ3n) is 3.78. The van der Waals surface area contributed by atoms with Crippen molar-refractivity contribution < 1.29 is 19.4 Å². The van der Waals surface area contributed by atoms with Gasteiger partial charge in [0.2, 0.25) is 0 Å². The van der Waals surface area contributed by atoms with Crippen molar-refractivity contribution in [3.63, 3.8) is 0 Å². The molecule has 1 aliphatic rings. The van der Waals surface area contributed by atoms with E-state index in [-0.39, 0.29) is 18.2 Å². The van der Waals surface area contributed by atoms with Crippen LogP contribution >= 0.6 is 0 Å². The molecule has 0 radical (unpaired) electrons. The maximum atomic E-state index is 12.0. The molecule has 0 aromatic rings. The molecule has 0 bridgehead atoms. The molecule has 2 N–H and O–H groups in total. The van der Waals surface area contributed by atoms with Crippen LogP contribution in [0.4, 0.5) is 4.79 Å². The first-order valence-electron chi connectivity index (χ1n) is 6.72. The zero-order valence-corrected chi connectivity index (χ0v) is 11.9. The van der Waals surface area contributed by atoms with E-state index < -0.39 is 11.9 Å². The van der Waals surface area contributed by atoms with Crippen molar-refractivity contribution >= 4 is 12.0 Å². The molecule has 1 aliphatic heterocycles. The minimum Gasteiger partial charge on any atom is -0.481 e. The molecule has 2 atom stereocenters. The van der Waals surface area contributed by atoms with Crippen molar-refractivity contribution in [3.05, 3.63) is 0 Å². The number of rotatable bonds is 5. The molecule has 0 spiro atoms. The monoisotopic (exact) mass is 272 g/mol. The molecule has 0 aliphatic carbocycles. The van der Waals surface area contributed by atoms with Crippen molar-refractivity contribution in [3.8, 4) is 0 Å². The number of nitrogens with one attached hydrogen (secondary N) is 1. The fourth-order valence-electron chi connectivity index (χ4n) is 2.27. The summed E-state index contributed by atoms with van der Waals surface area (Å²) in [5, 5.41) is 11.6. The molecular weight excluding hydrogens is 248 g/mol. The van der Waals surface area contributed by atoms with Gasteiger partial charge in [0.15, 0.2) is 0 Å². The van der Waals surface area contributed by atoms with Gasteiger partial charge in [0.05, 0.1) is 18.1 Å². The molecule has 0 aromatic carbocycles. The number of nitrogens with zero attached hydrogens (tertiary/aromatic N) is 1. The average molecular weight is 272 g/mol. The molecule has 6 heteroatoms. The van der Waals surface area contributed by atoms with Gasteiger partial charge in [0.25, 0.3) is 0 Å². The predicted octanol–water partition coefficient (Wildman–Crippen LogP) is 1.31. The third-order valence-corrected chi connectivity index (χ3v) is 3.78. The van der Waals surface area contributed by atoms with Gasteiger partial charge in [-0.2, -0.15) is 0 Å². The summed E-state index contributed by atoms with van der Waals surface area (Å²) in [4.78, 5) is 24.6. The number of aliphatic carboxylic acids is 1. The largest absolute Gasteiger partial charge is 0.481 e. The number of carbonyl (C=O) groups excluding carboxylic acids is 1. The quantitative estimate of drug-likeness (QED) is 0.791. The number of hydrogen-bond donors (Lipinski definition) is 2. The van der Waals surface area contributed by atoms with Gasteiger partial charge in [-0.25, -0.2) is 4.79 Å². The van der Waals surface area contributed by atoms with Crippen LogP contribution in [-0.4, -0.2) is 54.4 Å². The summed E-state index contributed by atoms with van der Waals surface area (Å²) < 4.78 is 5.43. The van der Waals surface area contributed by atoms with Crippen LogP contribution < -0.4 is 5.32 Å². The zero-order valence-electron chi connectivity index (χ0n) is 11.9. The van der Waals surface area contributed by atoms with Gasteiger partial charge in [-0.15, -0.1) is 0 Å². The van der Waals surface area contributed by atoms with Gasteiger partial charge < -0.3 is 20.1 Å². The fraction of sp³-hybridized carbons (Fsp3) is 0.846. The molecule has 0 saturated carbocycles. The van der Waals surface area contributed by atoms with Crippen LogP contribution in [0.2, 0.25) is 0 Å². The van der Waals surface area contributed by atoms with Crippen LogP contribution in [0, 0.1) is 5.92 Å². The lowest BCUT2D eigenvalue weighted by molar-refractivity contribution is -0.141. The smallest absolute Gasteiger partial charge is 0.317 e. The van der Waals surface area contributed by atoms with Crippen LogP contribution in [0.5, 0.6) is 0 Å². The second kappa shape index (κ2) is 6.75. The maximum Gasteiger partial charge on any atom is 0.317 e. The van der Waals surface area contributed by atoms with E-state index in [9.17, 15) is 9.59 Å². The van der Waals surface area contributed by atoms with Crippen LogP contribution in [0.1, 0.15) is 33.1 Å². The molecular formula is C13H24N2O4. The lowest BCUT2D eigenvalue weighted by Crippen LogP contribution is -2.53. The lowest BCUT2D eigenvalue weighted by Gasteiger charge is -2.39. The summed E-state index contributed by atoms with van der Waals surface area (Å²) in [5.74, 6) is -1.40. The minimum absolute atomic E-state index is 0.171. The Labute approximate surface area is 114 Å². The fourth-order valence-corrected chi connectivity index (χ4v) is 2.27. The van der Waals surface area contributed by atoms with E-state index in [4.69, 9.17) is 9.84 Å². The van der Waals surface area contributed by atoms with Crippen LogP contribution in [-0.2, 0) is 9.53 Å². The first kappa shape index (κ1) is 15.8. The van der Waals surface area contributed by atoms with E-state index in [2.05, 4.69) is 5.32 Å². The molecule has 110 valence electrons. The van der Waals surface area contributed by atoms with Crippen molar-refractivity contribution in [2.24, 2.45) is 5.92 Å². The number of likely N-dealkylation sites (tertiary alicyclic amines) is 1. The van der Waals surface area contributed by atoms with E-state index >= 15 is 0 Å². The van der Waals surface area contributed by atoms with Crippen molar-refractivity contribution in [1.29, 1.82) is 0 Å². The Balaban J connectivity index is 2.47. The maximum absolute atomic E-state index is 12.0. The van der Waals surface area contributed by atoms with Gasteiger partial charge in [0.1, 0.15) is 0 Å². The Morgan fingerprint density at radius 3 is 2.74 bits per heavy atom. The Morgan fingerprint density at radius 2 is 2.21 bits per heavy atom. The van der Waals surface area contributed by atoms with Crippen molar-refractivity contribution in [1.82, 2.24) is 10.2 Å². The van der Waals surface area contributed by atoms with Gasteiger partial charge in [0, 0.05) is 20.2 Å². The number of carboxylic acids is 1. The van der Waals surface area contributed by atoms with Gasteiger partial charge >= 0.3 is 12.0 Å². The molecule has 6 nitrogen and oxygen atoms in total. The number of carboxylic acid groups (broad SMARTS) is 1. The standard InChI is InChI=1S/C13H24N2O4/c1-4-10(11(16)17)8-14-12(18)15-7-5-6-13(2,9-15)19-3/h10H,4-9H2,1-3H3,(H,14,18)(H,16,17). The first-order valence-corrected chi connectivity index (χ1v) is 6.72. The SMILES string of the molecule is CCC(CNC(=O)N1CCCC(C)(OC)C1)C(=O)O. The Hall–Kier alpha value is -1.30. The summed E-state index contributed by atoms with van der Waals surface area (Å²) in [5.41, 5.74) is -0.299. The third kappa shape index (κ3) is 4.38. The second-order valence-electron chi connectivity index (χ2n) is 5.31. The highest BCUT2D eigenvalue weighted by molar-refractivity contribution is 5.76. The molecule has 1 heterocycles. The zero-order chi connectivity index (χ0) is 14.5. The Bertz CT molecular complexity index is 335. The van der Waals surface area contributed by atoms with E-state index in [0.717, 1.165) is 12.8 Å². The molecule has 2 unspecified atom stereocenters. The second-order valence-corrected chi connectivity index (χ2v) is 5.31. The van der Waals surface area contributed by atoms with Crippen LogP contribution in [0.25, 0.3) is 0 Å². The van der Waals surface area contributed by atoms with Crippen molar-refractivity contribution in [2.45, 2.75) is 38.7 Å². The summed E-state index contributed by atoms with van der Waals surface area (Å²) in [6, 6.07) is -0.206. The highest BCUT2D eigenvalue weighted by atomic mass is 16.5. The van der Waals surface area contributed by atoms with E-state index in [1.165, 1.54) is 0 Å². The average Bonchev–Trinajstić information content (AvgIpc) is 2.39. The number of methoxy groups -OCH3 is 1. The minimum atomic E-state index is -0.872. The number of carbonyl (C=O) groups is 2. The normalized spacial score (nSPS) is 24.9. The summed E-state index contributed by atoms with van der Waals surface area (Å²) >= 11 is 0. The van der Waals surface area contributed by atoms with Gasteiger partial charge in [-0.3, -0.25) is 4.79 Å². The summed E-state index contributed by atoms with van der Waals surface area (Å²) in [7, 11) is 1.65. The number of amides is 2. The van der Waals surface area contributed by atoms with E-state index in [1.54, 1.807) is 18.9 Å². The predicted molar refractivity (Wildman–Crippen MR) is 71.0 cm³/mol. The Kier molecular flexibility index (Phi) is 5.60. The van der Waals surface area contributed by atoms with E-state index in [1.807, 2.05) is 6.92 Å². The molecule has 19 heavy (non-hydrogen) atoms. The van der Waals surface area contributed by atoms with Crippen molar-refractivity contribution in [2.75, 3.05) is 26.7 Å². The summed E-state index contributed by atoms with van der Waals surface area (Å²) in [6.07, 6.45) is 2.33.